The maximum Gasteiger partial charge on any atom is 0.417 e. The number of hydrogen-bond acceptors (Lipinski definition) is 12. The van der Waals surface area contributed by atoms with E-state index in [0.29, 0.717) is 62.4 Å². The lowest BCUT2D eigenvalue weighted by Crippen LogP contribution is -2.44. The van der Waals surface area contributed by atoms with E-state index in [1.54, 1.807) is 66.0 Å². The highest BCUT2D eigenvalue weighted by molar-refractivity contribution is 7.89. The van der Waals surface area contributed by atoms with E-state index in [4.69, 9.17) is 41.7 Å². The standard InChI is InChI=1S/C46H44F3N5O9S2/c1-45(2)43(56)53(36-16-9-34(30-50)40(29-36)46(47,48)49)44(64)54(45)35-14-7-31(8-15-35)32-10-17-37(18-11-32)62-27-25-60-23-21-59-22-24-61-26-28-63-41-6-4-3-5-39(41)42(55)33-12-19-38(20-13-33)65(57,58)52-51/h3-20,29,52H,21-28,51H2,1-2H3. The Morgan fingerprint density at radius 3 is 1.88 bits per heavy atom. The van der Waals surface area contributed by atoms with Crippen LogP contribution in [-0.4, -0.2) is 83.6 Å². The van der Waals surface area contributed by atoms with Crippen LogP contribution in [-0.2, 0) is 35.2 Å². The topological polar surface area (TPSA) is 183 Å². The van der Waals surface area contributed by atoms with E-state index in [1.807, 2.05) is 36.4 Å². The SMILES string of the molecule is CC1(C)C(=O)N(c2ccc(C#N)c(C(F)(F)F)c2)C(=S)N1c1ccc(-c2ccc(OCCOCCOCCOCCOc3ccccc3C(=O)c3ccc(S(=O)(=O)NN)cc3)cc2)cc1. The molecule has 5 aromatic carbocycles. The largest absolute Gasteiger partial charge is 0.491 e. The number of sulfonamides is 1. The molecule has 6 rings (SSSR count). The number of nitrogens with one attached hydrogen (secondary N) is 1. The summed E-state index contributed by atoms with van der Waals surface area (Å²) in [5.74, 6) is 5.23. The Bertz CT molecular complexity index is 2640. The van der Waals surface area contributed by atoms with Gasteiger partial charge in [0.15, 0.2) is 10.9 Å². The summed E-state index contributed by atoms with van der Waals surface area (Å²) in [5, 5.41) is 9.21. The fourth-order valence-corrected chi connectivity index (χ4v) is 7.92. The molecule has 14 nitrogen and oxygen atoms in total. The lowest BCUT2D eigenvalue weighted by Gasteiger charge is -2.29. The molecule has 1 fully saturated rings. The molecule has 19 heteroatoms. The summed E-state index contributed by atoms with van der Waals surface area (Å²) in [5.41, 5.74) is -0.0449. The Morgan fingerprint density at radius 1 is 0.769 bits per heavy atom. The first kappa shape index (κ1) is 48.2. The number of thiocarbonyl (C=S) groups is 1. The number of ketones is 1. The van der Waals surface area contributed by atoms with Crippen molar-refractivity contribution < 1.29 is 54.9 Å². The fraction of sp³-hybridized carbons (Fsp3) is 0.261. The van der Waals surface area contributed by atoms with Crippen LogP contribution < -0.4 is 29.9 Å². The number of carbonyl (C=O) groups excluding carboxylic acids is 2. The van der Waals surface area contributed by atoms with Crippen molar-refractivity contribution in [2.45, 2.75) is 30.5 Å². The van der Waals surface area contributed by atoms with Crippen molar-refractivity contribution in [2.24, 2.45) is 5.84 Å². The van der Waals surface area contributed by atoms with Gasteiger partial charge in [0.05, 0.1) is 73.0 Å². The van der Waals surface area contributed by atoms with Gasteiger partial charge in [0, 0.05) is 11.3 Å². The predicted molar refractivity (Wildman–Crippen MR) is 239 cm³/mol. The number of rotatable bonds is 21. The van der Waals surface area contributed by atoms with Crippen molar-refractivity contribution >= 4 is 50.4 Å². The van der Waals surface area contributed by atoms with Crippen molar-refractivity contribution in [3.05, 3.63) is 138 Å². The van der Waals surface area contributed by atoms with E-state index >= 15 is 0 Å². The van der Waals surface area contributed by atoms with Crippen LogP contribution in [0.25, 0.3) is 11.1 Å². The summed E-state index contributed by atoms with van der Waals surface area (Å²) in [4.78, 5) is 31.0. The van der Waals surface area contributed by atoms with E-state index in [0.717, 1.165) is 28.2 Å². The molecular weight excluding hydrogens is 888 g/mol. The molecule has 1 aliphatic heterocycles. The third kappa shape index (κ3) is 11.5. The van der Waals surface area contributed by atoms with Crippen LogP contribution in [0.4, 0.5) is 24.5 Å². The second kappa shape index (κ2) is 21.2. The Balaban J connectivity index is 0.864. The molecule has 0 atom stereocenters. The summed E-state index contributed by atoms with van der Waals surface area (Å²) in [6, 6.07) is 31.5. The molecule has 340 valence electrons. The molecule has 0 radical (unpaired) electrons. The van der Waals surface area contributed by atoms with Gasteiger partial charge in [0.2, 0.25) is 0 Å². The lowest BCUT2D eigenvalue weighted by atomic mass is 10.0. The summed E-state index contributed by atoms with van der Waals surface area (Å²) in [6.07, 6.45) is -4.80. The number of nitriles is 1. The highest BCUT2D eigenvalue weighted by Gasteiger charge is 2.50. The first-order valence-corrected chi connectivity index (χ1v) is 21.9. The first-order valence-electron chi connectivity index (χ1n) is 20.0. The van der Waals surface area contributed by atoms with Gasteiger partial charge in [0.25, 0.3) is 15.9 Å². The molecule has 3 N–H and O–H groups in total. The number of alkyl halides is 3. The molecule has 1 heterocycles. The van der Waals surface area contributed by atoms with Gasteiger partial charge in [-0.1, -0.05) is 36.4 Å². The molecule has 0 saturated carbocycles. The van der Waals surface area contributed by atoms with Crippen LogP contribution in [0.5, 0.6) is 11.5 Å². The quantitative estimate of drug-likeness (QED) is 0.0251. The minimum atomic E-state index is -4.80. The number of halogens is 3. The molecule has 0 unspecified atom stereocenters. The minimum absolute atomic E-state index is 0.0112. The number of hydrogen-bond donors (Lipinski definition) is 2. The van der Waals surface area contributed by atoms with Crippen molar-refractivity contribution in [2.75, 3.05) is 62.7 Å². The van der Waals surface area contributed by atoms with Crippen molar-refractivity contribution in [3.63, 3.8) is 0 Å². The van der Waals surface area contributed by atoms with Gasteiger partial charge in [-0.15, -0.1) is 0 Å². The molecule has 0 bridgehead atoms. The number of nitrogens with zero attached hydrogens (tertiary/aromatic N) is 3. The normalized spacial score (nSPS) is 13.8. The maximum absolute atomic E-state index is 13.7. The average Bonchev–Trinajstić information content (AvgIpc) is 3.48. The van der Waals surface area contributed by atoms with Crippen LogP contribution in [0, 0.1) is 11.3 Å². The summed E-state index contributed by atoms with van der Waals surface area (Å²) >= 11 is 5.65. The third-order valence-corrected chi connectivity index (χ3v) is 11.7. The Hall–Kier alpha value is -6.24. The molecule has 0 aliphatic carbocycles. The third-order valence-electron chi connectivity index (χ3n) is 10.1. The second-order valence-corrected chi connectivity index (χ2v) is 16.8. The molecular formula is C46H44F3N5O9S2. The maximum atomic E-state index is 13.7. The summed E-state index contributed by atoms with van der Waals surface area (Å²) < 4.78 is 93.2. The Kier molecular flexibility index (Phi) is 15.7. The number of nitrogens with two attached hydrogens (primary N) is 1. The van der Waals surface area contributed by atoms with Gasteiger partial charge < -0.3 is 28.6 Å². The molecule has 65 heavy (non-hydrogen) atoms. The number of ether oxygens (including phenoxy) is 5. The van der Waals surface area contributed by atoms with Gasteiger partial charge in [-0.3, -0.25) is 20.3 Å². The van der Waals surface area contributed by atoms with Gasteiger partial charge in [-0.25, -0.2) is 8.42 Å². The second-order valence-electron chi connectivity index (χ2n) is 14.7. The van der Waals surface area contributed by atoms with E-state index in [9.17, 15) is 36.4 Å². The van der Waals surface area contributed by atoms with Crippen LogP contribution in [0.1, 0.15) is 40.9 Å². The number of carbonyl (C=O) groups is 2. The number of hydrazine groups is 1. The monoisotopic (exact) mass is 931 g/mol. The minimum Gasteiger partial charge on any atom is -0.491 e. The van der Waals surface area contributed by atoms with Gasteiger partial charge in [0.1, 0.15) is 30.3 Å². The van der Waals surface area contributed by atoms with Crippen molar-refractivity contribution in [1.29, 1.82) is 5.26 Å². The molecule has 0 aromatic heterocycles. The number of para-hydroxylation sites is 1. The van der Waals surface area contributed by atoms with Gasteiger partial charge in [-0.05, 0) is 116 Å². The smallest absolute Gasteiger partial charge is 0.417 e. The van der Waals surface area contributed by atoms with E-state index in [-0.39, 0.29) is 40.3 Å². The molecule has 1 saturated heterocycles. The van der Waals surface area contributed by atoms with Crippen LogP contribution in [0.15, 0.2) is 120 Å². The van der Waals surface area contributed by atoms with Crippen LogP contribution >= 0.6 is 12.2 Å². The van der Waals surface area contributed by atoms with Crippen molar-refractivity contribution in [3.8, 4) is 28.7 Å². The molecule has 1 amide bonds. The first-order chi connectivity index (χ1) is 31.1. The average molecular weight is 932 g/mol. The number of benzene rings is 5. The van der Waals surface area contributed by atoms with E-state index in [1.165, 1.54) is 30.3 Å². The van der Waals surface area contributed by atoms with Gasteiger partial charge in [-0.2, -0.15) is 23.3 Å². The predicted octanol–water partition coefficient (Wildman–Crippen LogP) is 7.05. The van der Waals surface area contributed by atoms with E-state index < -0.39 is 38.8 Å². The number of anilines is 2. The Morgan fingerprint density at radius 2 is 1.31 bits per heavy atom. The Labute approximate surface area is 379 Å². The van der Waals surface area contributed by atoms with E-state index in [2.05, 4.69) is 0 Å². The van der Waals surface area contributed by atoms with Crippen LogP contribution in [0.2, 0.25) is 0 Å². The zero-order valence-electron chi connectivity index (χ0n) is 35.2. The molecule has 5 aromatic rings. The summed E-state index contributed by atoms with van der Waals surface area (Å²) in [7, 11) is -3.84. The summed E-state index contributed by atoms with van der Waals surface area (Å²) in [6.45, 7) is 5.75. The fourth-order valence-electron chi connectivity index (χ4n) is 6.77. The zero-order valence-corrected chi connectivity index (χ0v) is 36.8. The van der Waals surface area contributed by atoms with Crippen LogP contribution in [0.3, 0.4) is 0 Å². The zero-order chi connectivity index (χ0) is 46.8. The van der Waals surface area contributed by atoms with Gasteiger partial charge >= 0.3 is 6.18 Å². The highest BCUT2D eigenvalue weighted by Crippen LogP contribution is 2.40. The highest BCUT2D eigenvalue weighted by atomic mass is 32.2. The molecule has 0 spiro atoms. The van der Waals surface area contributed by atoms with Crippen molar-refractivity contribution in [1.82, 2.24) is 4.83 Å². The molecule has 1 aliphatic rings. The number of amides is 1. The lowest BCUT2D eigenvalue weighted by molar-refractivity contribution is -0.137.